The number of sulfone groups is 2. The Morgan fingerprint density at radius 1 is 1.15 bits per heavy atom. The van der Waals surface area contributed by atoms with Crippen molar-refractivity contribution in [3.8, 4) is 0 Å². The van der Waals surface area contributed by atoms with Crippen molar-refractivity contribution < 1.29 is 21.6 Å². The molecule has 0 aromatic heterocycles. The van der Waals surface area contributed by atoms with Crippen LogP contribution in [0.5, 0.6) is 0 Å². The van der Waals surface area contributed by atoms with Crippen molar-refractivity contribution in [1.29, 1.82) is 0 Å². The van der Waals surface area contributed by atoms with Gasteiger partial charge < -0.3 is 10.1 Å². The van der Waals surface area contributed by atoms with Crippen molar-refractivity contribution in [2.24, 2.45) is 0 Å². The lowest BCUT2D eigenvalue weighted by Crippen LogP contribution is -2.47. The van der Waals surface area contributed by atoms with E-state index in [1.165, 1.54) is 0 Å². The molecular weight excluding hydrogens is 388 g/mol. The molecule has 152 valence electrons. The summed E-state index contributed by atoms with van der Waals surface area (Å²) in [6.07, 6.45) is 0.823. The second-order valence-corrected chi connectivity index (χ2v) is 11.5. The molecule has 1 aromatic carbocycles. The summed E-state index contributed by atoms with van der Waals surface area (Å²) in [5, 5.41) is 2.25. The number of aryl methyl sites for hydroxylation is 1. The van der Waals surface area contributed by atoms with E-state index in [1.54, 1.807) is 24.3 Å². The molecular formula is C18H28N2O5S2. The van der Waals surface area contributed by atoms with Gasteiger partial charge in [0.25, 0.3) is 0 Å². The van der Waals surface area contributed by atoms with Crippen LogP contribution in [0.1, 0.15) is 12.5 Å². The molecule has 2 unspecified atom stereocenters. The van der Waals surface area contributed by atoms with E-state index < -0.39 is 31.0 Å². The molecule has 9 heteroatoms. The zero-order valence-electron chi connectivity index (χ0n) is 15.6. The fourth-order valence-electron chi connectivity index (χ4n) is 3.63. The van der Waals surface area contributed by atoms with Crippen molar-refractivity contribution in [2.45, 2.75) is 29.5 Å². The van der Waals surface area contributed by atoms with Crippen LogP contribution in [0.4, 0.5) is 0 Å². The van der Waals surface area contributed by atoms with Gasteiger partial charge in [0.05, 0.1) is 34.9 Å². The Balaban J connectivity index is 1.70. The number of hydrogen-bond acceptors (Lipinski definition) is 7. The molecule has 3 rings (SSSR count). The van der Waals surface area contributed by atoms with Gasteiger partial charge in [0.2, 0.25) is 0 Å². The second-order valence-electron chi connectivity index (χ2n) is 7.17. The molecule has 0 saturated carbocycles. The normalized spacial score (nSPS) is 26.3. The Kier molecular flexibility index (Phi) is 6.58. The summed E-state index contributed by atoms with van der Waals surface area (Å²) in [5.74, 6) is -0.451. The van der Waals surface area contributed by atoms with Gasteiger partial charge in [-0.1, -0.05) is 19.1 Å². The standard InChI is InChI=1S/C18H28N2O5S2/c1-2-15-3-5-16(6-4-15)27(23,24)18-14-26(21,22)13-17(18)19-7-8-20-9-11-25-12-10-20/h3-6,17-19H,2,7-14H2,1H3. The van der Waals surface area contributed by atoms with Crippen LogP contribution in [-0.4, -0.2) is 83.9 Å². The molecule has 1 N–H and O–H groups in total. The predicted octanol–water partition coefficient (Wildman–Crippen LogP) is 0.110. The first-order valence-corrected chi connectivity index (χ1v) is 12.8. The van der Waals surface area contributed by atoms with Crippen molar-refractivity contribution in [3.63, 3.8) is 0 Å². The van der Waals surface area contributed by atoms with Crippen LogP contribution < -0.4 is 5.32 Å². The monoisotopic (exact) mass is 416 g/mol. The lowest BCUT2D eigenvalue weighted by atomic mass is 10.2. The summed E-state index contributed by atoms with van der Waals surface area (Å²) < 4.78 is 55.8. The summed E-state index contributed by atoms with van der Waals surface area (Å²) in [5.41, 5.74) is 1.05. The van der Waals surface area contributed by atoms with Crippen molar-refractivity contribution >= 4 is 19.7 Å². The van der Waals surface area contributed by atoms with E-state index in [2.05, 4.69) is 10.2 Å². The molecule has 2 heterocycles. The van der Waals surface area contributed by atoms with Crippen LogP contribution in [0.15, 0.2) is 29.2 Å². The van der Waals surface area contributed by atoms with Gasteiger partial charge in [0.1, 0.15) is 0 Å². The molecule has 2 fully saturated rings. The van der Waals surface area contributed by atoms with Gasteiger partial charge in [-0.05, 0) is 24.1 Å². The van der Waals surface area contributed by atoms with Crippen LogP contribution in [0.25, 0.3) is 0 Å². The molecule has 2 aliphatic heterocycles. The Morgan fingerprint density at radius 2 is 1.81 bits per heavy atom. The number of morpholine rings is 1. The highest BCUT2D eigenvalue weighted by atomic mass is 32.2. The quantitative estimate of drug-likeness (QED) is 0.674. The van der Waals surface area contributed by atoms with Gasteiger partial charge in [-0.15, -0.1) is 0 Å². The predicted molar refractivity (Wildman–Crippen MR) is 104 cm³/mol. The lowest BCUT2D eigenvalue weighted by molar-refractivity contribution is 0.0382. The number of nitrogens with one attached hydrogen (secondary N) is 1. The van der Waals surface area contributed by atoms with E-state index in [0.29, 0.717) is 19.8 Å². The topological polar surface area (TPSA) is 92.8 Å². The van der Waals surface area contributed by atoms with Crippen LogP contribution in [0.3, 0.4) is 0 Å². The van der Waals surface area contributed by atoms with Crippen LogP contribution >= 0.6 is 0 Å². The summed E-state index contributed by atoms with van der Waals surface area (Å²) >= 11 is 0. The number of ether oxygens (including phenoxy) is 1. The van der Waals surface area contributed by atoms with E-state index in [-0.39, 0.29) is 16.4 Å². The highest BCUT2D eigenvalue weighted by Crippen LogP contribution is 2.26. The van der Waals surface area contributed by atoms with E-state index >= 15 is 0 Å². The number of rotatable bonds is 7. The fraction of sp³-hybridized carbons (Fsp3) is 0.667. The number of benzene rings is 1. The number of nitrogens with zero attached hydrogens (tertiary/aromatic N) is 1. The third-order valence-corrected chi connectivity index (χ3v) is 9.46. The fourth-order valence-corrected chi connectivity index (χ4v) is 8.35. The minimum atomic E-state index is -3.71. The third-order valence-electron chi connectivity index (χ3n) is 5.30. The maximum atomic E-state index is 13.1. The molecule has 2 aliphatic rings. The van der Waals surface area contributed by atoms with Crippen molar-refractivity contribution in [3.05, 3.63) is 29.8 Å². The molecule has 0 amide bonds. The molecule has 0 radical (unpaired) electrons. The Morgan fingerprint density at radius 3 is 2.44 bits per heavy atom. The first-order valence-electron chi connectivity index (χ1n) is 9.38. The second kappa shape index (κ2) is 8.57. The Bertz CT molecular complexity index is 831. The largest absolute Gasteiger partial charge is 0.379 e. The van der Waals surface area contributed by atoms with Gasteiger partial charge in [-0.25, -0.2) is 16.8 Å². The van der Waals surface area contributed by atoms with Gasteiger partial charge in [-0.3, -0.25) is 4.90 Å². The van der Waals surface area contributed by atoms with Crippen LogP contribution in [-0.2, 0) is 30.8 Å². The summed E-state index contributed by atoms with van der Waals surface area (Å²) in [6, 6.07) is 6.18. The molecule has 0 aliphatic carbocycles. The zero-order chi connectivity index (χ0) is 19.5. The first-order chi connectivity index (χ1) is 12.8. The summed E-state index contributed by atoms with van der Waals surface area (Å²) in [4.78, 5) is 2.43. The third kappa shape index (κ3) is 5.08. The van der Waals surface area contributed by atoms with Crippen molar-refractivity contribution in [1.82, 2.24) is 10.2 Å². The summed E-state index contributed by atoms with van der Waals surface area (Å²) in [6.45, 7) is 6.39. The average Bonchev–Trinajstić information content (AvgIpc) is 2.98. The highest BCUT2D eigenvalue weighted by Gasteiger charge is 2.45. The van der Waals surface area contributed by atoms with Gasteiger partial charge in [-0.2, -0.15) is 0 Å². The highest BCUT2D eigenvalue weighted by molar-refractivity contribution is 7.96. The van der Waals surface area contributed by atoms with Crippen LogP contribution in [0.2, 0.25) is 0 Å². The Labute approximate surface area is 161 Å². The SMILES string of the molecule is CCc1ccc(S(=O)(=O)C2CS(=O)(=O)CC2NCCN2CCOCC2)cc1. The number of hydrogen-bond donors (Lipinski definition) is 1. The van der Waals surface area contributed by atoms with Crippen LogP contribution in [0, 0.1) is 0 Å². The maximum absolute atomic E-state index is 13.1. The van der Waals surface area contributed by atoms with E-state index in [9.17, 15) is 16.8 Å². The van der Waals surface area contributed by atoms with E-state index in [4.69, 9.17) is 4.74 Å². The van der Waals surface area contributed by atoms with Gasteiger partial charge >= 0.3 is 0 Å². The molecule has 1 aromatic rings. The minimum Gasteiger partial charge on any atom is -0.379 e. The minimum absolute atomic E-state index is 0.132. The average molecular weight is 417 g/mol. The molecule has 2 saturated heterocycles. The van der Waals surface area contributed by atoms with Gasteiger partial charge in [0, 0.05) is 32.2 Å². The smallest absolute Gasteiger partial charge is 0.183 e. The van der Waals surface area contributed by atoms with E-state index in [1.807, 2.05) is 6.92 Å². The maximum Gasteiger partial charge on any atom is 0.183 e. The zero-order valence-corrected chi connectivity index (χ0v) is 17.3. The first kappa shape index (κ1) is 20.7. The van der Waals surface area contributed by atoms with Gasteiger partial charge in [0.15, 0.2) is 19.7 Å². The lowest BCUT2D eigenvalue weighted by Gasteiger charge is -2.27. The molecule has 7 nitrogen and oxygen atoms in total. The molecule has 0 spiro atoms. The summed E-state index contributed by atoms with van der Waals surface area (Å²) in [7, 11) is -7.09. The molecule has 2 atom stereocenters. The van der Waals surface area contributed by atoms with E-state index in [0.717, 1.165) is 31.6 Å². The molecule has 0 bridgehead atoms. The Hall–Kier alpha value is -1.00. The molecule has 27 heavy (non-hydrogen) atoms. The van der Waals surface area contributed by atoms with Crippen molar-refractivity contribution in [2.75, 3.05) is 50.9 Å².